The van der Waals surface area contributed by atoms with Crippen LogP contribution in [0.4, 0.5) is 0 Å². The SMILES string of the molecule is Cc1cc([C@](C)(N)CO)ccc1Cl. The van der Waals surface area contributed by atoms with E-state index >= 15 is 0 Å². The van der Waals surface area contributed by atoms with Crippen LogP contribution in [0.15, 0.2) is 18.2 Å². The predicted octanol–water partition coefficient (Wildman–Crippen LogP) is 1.81. The molecule has 0 saturated carbocycles. The molecule has 0 aliphatic rings. The fourth-order valence-corrected chi connectivity index (χ4v) is 1.21. The lowest BCUT2D eigenvalue weighted by Gasteiger charge is -2.22. The van der Waals surface area contributed by atoms with Gasteiger partial charge in [-0.1, -0.05) is 23.7 Å². The topological polar surface area (TPSA) is 46.2 Å². The summed E-state index contributed by atoms with van der Waals surface area (Å²) in [7, 11) is 0. The summed E-state index contributed by atoms with van der Waals surface area (Å²) in [6.45, 7) is 3.63. The molecule has 1 aromatic carbocycles. The molecule has 0 aromatic heterocycles. The van der Waals surface area contributed by atoms with Crippen LogP contribution in [0.5, 0.6) is 0 Å². The van der Waals surface area contributed by atoms with Gasteiger partial charge in [0.15, 0.2) is 0 Å². The van der Waals surface area contributed by atoms with E-state index < -0.39 is 5.54 Å². The highest BCUT2D eigenvalue weighted by atomic mass is 35.5. The van der Waals surface area contributed by atoms with E-state index in [1.54, 1.807) is 13.0 Å². The number of rotatable bonds is 2. The molecule has 3 N–H and O–H groups in total. The second kappa shape index (κ2) is 3.66. The lowest BCUT2D eigenvalue weighted by atomic mass is 9.93. The van der Waals surface area contributed by atoms with Crippen molar-refractivity contribution in [2.45, 2.75) is 19.4 Å². The largest absolute Gasteiger partial charge is 0.394 e. The molecule has 0 spiro atoms. The monoisotopic (exact) mass is 199 g/mol. The first-order valence-corrected chi connectivity index (χ1v) is 4.51. The Hall–Kier alpha value is -0.570. The lowest BCUT2D eigenvalue weighted by molar-refractivity contribution is 0.210. The van der Waals surface area contributed by atoms with Gasteiger partial charge in [-0.15, -0.1) is 0 Å². The van der Waals surface area contributed by atoms with Crippen molar-refractivity contribution in [3.63, 3.8) is 0 Å². The van der Waals surface area contributed by atoms with Crippen molar-refractivity contribution in [2.75, 3.05) is 6.61 Å². The number of aliphatic hydroxyl groups excluding tert-OH is 1. The first-order valence-electron chi connectivity index (χ1n) is 4.14. The Bertz CT molecular complexity index is 310. The predicted molar refractivity (Wildman–Crippen MR) is 54.8 cm³/mol. The van der Waals surface area contributed by atoms with Crippen LogP contribution in [0.25, 0.3) is 0 Å². The van der Waals surface area contributed by atoms with E-state index in [0.717, 1.165) is 16.1 Å². The molecule has 1 rings (SSSR count). The summed E-state index contributed by atoms with van der Waals surface area (Å²) in [5.41, 5.74) is 7.05. The molecule has 0 radical (unpaired) electrons. The average Bonchev–Trinajstić information content (AvgIpc) is 2.09. The van der Waals surface area contributed by atoms with Crippen molar-refractivity contribution >= 4 is 11.6 Å². The van der Waals surface area contributed by atoms with Crippen LogP contribution in [0, 0.1) is 6.92 Å². The standard InChI is InChI=1S/C10H14ClNO/c1-7-5-8(3-4-9(7)11)10(2,12)6-13/h3-5,13H,6,12H2,1-2H3/t10-/m1/s1. The minimum Gasteiger partial charge on any atom is -0.394 e. The quantitative estimate of drug-likeness (QED) is 0.763. The normalized spacial score (nSPS) is 15.5. The highest BCUT2D eigenvalue weighted by Gasteiger charge is 2.19. The molecule has 13 heavy (non-hydrogen) atoms. The third-order valence-electron chi connectivity index (χ3n) is 2.15. The zero-order valence-electron chi connectivity index (χ0n) is 7.84. The minimum atomic E-state index is -0.685. The van der Waals surface area contributed by atoms with E-state index in [1.165, 1.54) is 0 Å². The maximum atomic E-state index is 9.05. The van der Waals surface area contributed by atoms with Crippen LogP contribution in [-0.2, 0) is 5.54 Å². The van der Waals surface area contributed by atoms with Crippen LogP contribution in [0.2, 0.25) is 5.02 Å². The molecule has 0 heterocycles. The molecule has 0 fully saturated rings. The Balaban J connectivity index is 3.10. The highest BCUT2D eigenvalue weighted by Crippen LogP contribution is 2.22. The smallest absolute Gasteiger partial charge is 0.0650 e. The maximum absolute atomic E-state index is 9.05. The van der Waals surface area contributed by atoms with E-state index in [-0.39, 0.29) is 6.61 Å². The summed E-state index contributed by atoms with van der Waals surface area (Å²) >= 11 is 5.87. The van der Waals surface area contributed by atoms with E-state index in [4.69, 9.17) is 22.4 Å². The summed E-state index contributed by atoms with van der Waals surface area (Å²) in [4.78, 5) is 0. The number of hydrogen-bond acceptors (Lipinski definition) is 2. The molecule has 1 aromatic rings. The Kier molecular flexibility index (Phi) is 2.96. The number of aryl methyl sites for hydroxylation is 1. The molecule has 0 unspecified atom stereocenters. The Morgan fingerprint density at radius 2 is 2.15 bits per heavy atom. The Morgan fingerprint density at radius 1 is 1.54 bits per heavy atom. The van der Waals surface area contributed by atoms with Gasteiger partial charge in [0.05, 0.1) is 12.1 Å². The maximum Gasteiger partial charge on any atom is 0.0650 e. The summed E-state index contributed by atoms with van der Waals surface area (Å²) < 4.78 is 0. The number of halogens is 1. The molecule has 0 aliphatic carbocycles. The molecule has 0 amide bonds. The molecule has 2 nitrogen and oxygen atoms in total. The van der Waals surface area contributed by atoms with Gasteiger partial charge in [0.2, 0.25) is 0 Å². The fraction of sp³-hybridized carbons (Fsp3) is 0.400. The molecule has 0 bridgehead atoms. The van der Waals surface area contributed by atoms with Crippen molar-refractivity contribution < 1.29 is 5.11 Å². The Morgan fingerprint density at radius 3 is 2.62 bits per heavy atom. The zero-order valence-corrected chi connectivity index (χ0v) is 8.60. The number of nitrogens with two attached hydrogens (primary N) is 1. The third-order valence-corrected chi connectivity index (χ3v) is 2.57. The van der Waals surface area contributed by atoms with Crippen molar-refractivity contribution in [2.24, 2.45) is 5.73 Å². The first-order chi connectivity index (χ1) is 5.97. The van der Waals surface area contributed by atoms with Gasteiger partial charge in [-0.25, -0.2) is 0 Å². The minimum absolute atomic E-state index is 0.0753. The summed E-state index contributed by atoms with van der Waals surface area (Å²) in [6.07, 6.45) is 0. The van der Waals surface area contributed by atoms with Crippen LogP contribution in [0.3, 0.4) is 0 Å². The van der Waals surface area contributed by atoms with Crippen LogP contribution < -0.4 is 5.73 Å². The average molecular weight is 200 g/mol. The van der Waals surface area contributed by atoms with Crippen LogP contribution in [-0.4, -0.2) is 11.7 Å². The van der Waals surface area contributed by atoms with Gasteiger partial charge in [0.1, 0.15) is 0 Å². The highest BCUT2D eigenvalue weighted by molar-refractivity contribution is 6.31. The van der Waals surface area contributed by atoms with Crippen molar-refractivity contribution in [3.8, 4) is 0 Å². The molecular weight excluding hydrogens is 186 g/mol. The number of benzene rings is 1. The Labute approximate surface area is 83.3 Å². The fourth-order valence-electron chi connectivity index (χ4n) is 1.09. The van der Waals surface area contributed by atoms with E-state index in [1.807, 2.05) is 19.1 Å². The summed E-state index contributed by atoms with van der Waals surface area (Å²) in [5.74, 6) is 0. The lowest BCUT2D eigenvalue weighted by Crippen LogP contribution is -2.36. The van der Waals surface area contributed by atoms with Gasteiger partial charge in [-0.3, -0.25) is 0 Å². The van der Waals surface area contributed by atoms with Gasteiger partial charge in [0.25, 0.3) is 0 Å². The van der Waals surface area contributed by atoms with E-state index in [9.17, 15) is 0 Å². The van der Waals surface area contributed by atoms with Crippen molar-refractivity contribution in [1.82, 2.24) is 0 Å². The van der Waals surface area contributed by atoms with Gasteiger partial charge in [-0.05, 0) is 31.0 Å². The van der Waals surface area contributed by atoms with Crippen molar-refractivity contribution in [1.29, 1.82) is 0 Å². The second-order valence-electron chi connectivity index (χ2n) is 3.54. The van der Waals surface area contributed by atoms with E-state index in [2.05, 4.69) is 0 Å². The third kappa shape index (κ3) is 2.21. The number of aliphatic hydroxyl groups is 1. The number of hydrogen-bond donors (Lipinski definition) is 2. The second-order valence-corrected chi connectivity index (χ2v) is 3.95. The molecule has 72 valence electrons. The molecule has 3 heteroatoms. The zero-order chi connectivity index (χ0) is 10.1. The molecular formula is C10H14ClNO. The van der Waals surface area contributed by atoms with Gasteiger partial charge < -0.3 is 10.8 Å². The molecule has 0 aliphatic heterocycles. The van der Waals surface area contributed by atoms with Gasteiger partial charge in [0, 0.05) is 5.02 Å². The van der Waals surface area contributed by atoms with Gasteiger partial charge in [-0.2, -0.15) is 0 Å². The molecule has 1 atom stereocenters. The van der Waals surface area contributed by atoms with Crippen LogP contribution >= 0.6 is 11.6 Å². The van der Waals surface area contributed by atoms with Crippen LogP contribution in [0.1, 0.15) is 18.1 Å². The first kappa shape index (κ1) is 10.5. The van der Waals surface area contributed by atoms with Gasteiger partial charge >= 0.3 is 0 Å². The molecule has 0 saturated heterocycles. The summed E-state index contributed by atoms with van der Waals surface area (Å²) in [5, 5.41) is 9.77. The van der Waals surface area contributed by atoms with E-state index in [0.29, 0.717) is 0 Å². The van der Waals surface area contributed by atoms with Crippen molar-refractivity contribution in [3.05, 3.63) is 34.3 Å². The summed E-state index contributed by atoms with van der Waals surface area (Å²) in [6, 6.07) is 5.54.